The van der Waals surface area contributed by atoms with Crippen LogP contribution >= 0.6 is 0 Å². The van der Waals surface area contributed by atoms with E-state index in [1.54, 1.807) is 42.2 Å². The Hall–Kier alpha value is -3.58. The number of carbonyl (C=O) groups excluding carboxylic acids is 2. The number of nitrogens with zero attached hydrogens (tertiary/aromatic N) is 1. The number of morpholine rings is 1. The van der Waals surface area contributed by atoms with Crippen LogP contribution < -0.4 is 0 Å². The van der Waals surface area contributed by atoms with Gasteiger partial charge in [0.15, 0.2) is 17.7 Å². The minimum Gasteiger partial charge on any atom is -0.456 e. The van der Waals surface area contributed by atoms with Crippen molar-refractivity contribution in [3.63, 3.8) is 0 Å². The summed E-state index contributed by atoms with van der Waals surface area (Å²) < 4.78 is 38.9. The van der Waals surface area contributed by atoms with Gasteiger partial charge in [0.1, 0.15) is 12.2 Å². The van der Waals surface area contributed by atoms with Gasteiger partial charge < -0.3 is 14.4 Å². The van der Waals surface area contributed by atoms with Gasteiger partial charge in [0.2, 0.25) is 0 Å². The normalized spacial score (nSPS) is 19.2. The van der Waals surface area contributed by atoms with E-state index in [2.05, 4.69) is 0 Å². The molecular formula is C26H23F2NO4. The molecular weight excluding hydrogens is 428 g/mol. The third-order valence-electron chi connectivity index (χ3n) is 5.51. The zero-order chi connectivity index (χ0) is 23.4. The summed E-state index contributed by atoms with van der Waals surface area (Å²) in [5, 5.41) is 0. The molecule has 7 heteroatoms. The van der Waals surface area contributed by atoms with E-state index in [0.717, 1.165) is 17.7 Å². The van der Waals surface area contributed by atoms with E-state index in [-0.39, 0.29) is 12.5 Å². The number of rotatable bonds is 6. The predicted molar refractivity (Wildman–Crippen MR) is 117 cm³/mol. The molecule has 3 aromatic carbocycles. The zero-order valence-corrected chi connectivity index (χ0v) is 18.0. The van der Waals surface area contributed by atoms with Crippen LogP contribution in [0.3, 0.4) is 0 Å². The summed E-state index contributed by atoms with van der Waals surface area (Å²) in [6.07, 6.45) is -2.73. The van der Waals surface area contributed by atoms with E-state index < -0.39 is 35.9 Å². The standard InChI is InChI=1S/C26H23F2NO4/c1-17(32-26(31)19-10-6-3-7-11-19)24-25(30)29(15-18-8-4-2-5-9-18)16-23(33-24)20-12-13-21(27)22(28)14-20/h2-14,17,23-24H,15-16H2,1H3. The topological polar surface area (TPSA) is 55.8 Å². The number of carbonyl (C=O) groups is 2. The third kappa shape index (κ3) is 5.26. The van der Waals surface area contributed by atoms with E-state index in [1.165, 1.54) is 6.07 Å². The molecule has 1 amide bonds. The number of ether oxygens (including phenoxy) is 2. The van der Waals surface area contributed by atoms with Crippen LogP contribution in [0.15, 0.2) is 78.9 Å². The summed E-state index contributed by atoms with van der Waals surface area (Å²) in [7, 11) is 0. The highest BCUT2D eigenvalue weighted by Crippen LogP contribution is 2.30. The van der Waals surface area contributed by atoms with Gasteiger partial charge in [-0.05, 0) is 42.3 Å². The number of benzene rings is 3. The van der Waals surface area contributed by atoms with Crippen LogP contribution in [0.25, 0.3) is 0 Å². The van der Waals surface area contributed by atoms with Crippen molar-refractivity contribution < 1.29 is 27.8 Å². The molecule has 0 spiro atoms. The molecule has 1 aliphatic heterocycles. The van der Waals surface area contributed by atoms with Crippen LogP contribution in [0.5, 0.6) is 0 Å². The predicted octanol–water partition coefficient (Wildman–Crippen LogP) is 4.68. The van der Waals surface area contributed by atoms with Gasteiger partial charge in [-0.2, -0.15) is 0 Å². The molecule has 5 nitrogen and oxygen atoms in total. The van der Waals surface area contributed by atoms with Crippen LogP contribution in [0.1, 0.15) is 34.5 Å². The lowest BCUT2D eigenvalue weighted by atomic mass is 10.0. The molecule has 170 valence electrons. The Morgan fingerprint density at radius 1 is 1.03 bits per heavy atom. The van der Waals surface area contributed by atoms with Crippen LogP contribution in [-0.2, 0) is 20.8 Å². The molecule has 0 aliphatic carbocycles. The minimum atomic E-state index is -1.10. The summed E-state index contributed by atoms with van der Waals surface area (Å²) in [6, 6.07) is 21.4. The lowest BCUT2D eigenvalue weighted by Gasteiger charge is -2.39. The van der Waals surface area contributed by atoms with Crippen molar-refractivity contribution in [1.29, 1.82) is 0 Å². The maximum absolute atomic E-state index is 13.9. The second kappa shape index (κ2) is 9.92. The van der Waals surface area contributed by atoms with E-state index >= 15 is 0 Å². The summed E-state index contributed by atoms with van der Waals surface area (Å²) in [5.74, 6) is -2.88. The van der Waals surface area contributed by atoms with E-state index in [9.17, 15) is 18.4 Å². The fourth-order valence-corrected chi connectivity index (χ4v) is 3.78. The quantitative estimate of drug-likeness (QED) is 0.511. The van der Waals surface area contributed by atoms with Gasteiger partial charge in [-0.3, -0.25) is 4.79 Å². The summed E-state index contributed by atoms with van der Waals surface area (Å²) in [4.78, 5) is 27.4. The smallest absolute Gasteiger partial charge is 0.338 e. The molecule has 3 atom stereocenters. The molecule has 1 aliphatic rings. The first-order valence-corrected chi connectivity index (χ1v) is 10.6. The maximum atomic E-state index is 13.9. The zero-order valence-electron chi connectivity index (χ0n) is 18.0. The van der Waals surface area contributed by atoms with Gasteiger partial charge in [-0.25, -0.2) is 13.6 Å². The minimum absolute atomic E-state index is 0.147. The largest absolute Gasteiger partial charge is 0.456 e. The number of esters is 1. The van der Waals surface area contributed by atoms with Crippen molar-refractivity contribution in [3.05, 3.63) is 107 Å². The Bertz CT molecular complexity index is 1120. The van der Waals surface area contributed by atoms with E-state index in [0.29, 0.717) is 17.7 Å². The van der Waals surface area contributed by atoms with Crippen molar-refractivity contribution in [2.24, 2.45) is 0 Å². The monoisotopic (exact) mass is 451 g/mol. The Morgan fingerprint density at radius 2 is 1.70 bits per heavy atom. The number of amides is 1. The van der Waals surface area contributed by atoms with Crippen LogP contribution in [0.4, 0.5) is 8.78 Å². The Labute approximate surface area is 190 Å². The van der Waals surface area contributed by atoms with Gasteiger partial charge >= 0.3 is 5.97 Å². The third-order valence-corrected chi connectivity index (χ3v) is 5.51. The first kappa shape index (κ1) is 22.6. The van der Waals surface area contributed by atoms with Crippen molar-refractivity contribution in [2.45, 2.75) is 31.8 Å². The first-order valence-electron chi connectivity index (χ1n) is 10.6. The molecule has 0 bridgehead atoms. The molecule has 1 fully saturated rings. The highest BCUT2D eigenvalue weighted by atomic mass is 19.2. The number of halogens is 2. The average Bonchev–Trinajstić information content (AvgIpc) is 2.83. The molecule has 1 saturated heterocycles. The summed E-state index contributed by atoms with van der Waals surface area (Å²) in [6.45, 7) is 2.03. The highest BCUT2D eigenvalue weighted by molar-refractivity contribution is 5.90. The average molecular weight is 451 g/mol. The SMILES string of the molecule is CC(OC(=O)c1ccccc1)C1OC(c2ccc(F)c(F)c2)CN(Cc2ccccc2)C1=O. The Kier molecular flexibility index (Phi) is 6.79. The van der Waals surface area contributed by atoms with Crippen molar-refractivity contribution >= 4 is 11.9 Å². The maximum Gasteiger partial charge on any atom is 0.338 e. The lowest BCUT2D eigenvalue weighted by molar-refractivity contribution is -0.175. The van der Waals surface area contributed by atoms with Crippen molar-refractivity contribution in [2.75, 3.05) is 6.54 Å². The van der Waals surface area contributed by atoms with Gasteiger partial charge in [0.05, 0.1) is 12.1 Å². The first-order chi connectivity index (χ1) is 15.9. The summed E-state index contributed by atoms with van der Waals surface area (Å²) >= 11 is 0. The van der Waals surface area contributed by atoms with Crippen LogP contribution in [0.2, 0.25) is 0 Å². The fraction of sp³-hybridized carbons (Fsp3) is 0.231. The Balaban J connectivity index is 1.58. The number of hydrogen-bond donors (Lipinski definition) is 0. The molecule has 33 heavy (non-hydrogen) atoms. The molecule has 0 aromatic heterocycles. The molecule has 0 radical (unpaired) electrons. The van der Waals surface area contributed by atoms with Crippen LogP contribution in [0, 0.1) is 11.6 Å². The van der Waals surface area contributed by atoms with E-state index in [4.69, 9.17) is 9.47 Å². The van der Waals surface area contributed by atoms with E-state index in [1.807, 2.05) is 30.3 Å². The van der Waals surface area contributed by atoms with Crippen molar-refractivity contribution in [3.8, 4) is 0 Å². The second-order valence-electron chi connectivity index (χ2n) is 7.90. The molecule has 1 heterocycles. The van der Waals surface area contributed by atoms with Crippen LogP contribution in [-0.4, -0.2) is 35.5 Å². The number of hydrogen-bond acceptors (Lipinski definition) is 4. The Morgan fingerprint density at radius 3 is 2.36 bits per heavy atom. The molecule has 3 aromatic rings. The molecule has 4 rings (SSSR count). The van der Waals surface area contributed by atoms with Gasteiger partial charge in [0, 0.05) is 6.54 Å². The fourth-order valence-electron chi connectivity index (χ4n) is 3.78. The van der Waals surface area contributed by atoms with Gasteiger partial charge in [-0.15, -0.1) is 0 Å². The van der Waals surface area contributed by atoms with Gasteiger partial charge in [0.25, 0.3) is 5.91 Å². The molecule has 0 N–H and O–H groups in total. The summed E-state index contributed by atoms with van der Waals surface area (Å²) in [5.41, 5.74) is 1.65. The van der Waals surface area contributed by atoms with Gasteiger partial charge in [-0.1, -0.05) is 54.6 Å². The highest BCUT2D eigenvalue weighted by Gasteiger charge is 2.40. The molecule has 3 unspecified atom stereocenters. The lowest BCUT2D eigenvalue weighted by Crippen LogP contribution is -2.53. The molecule has 0 saturated carbocycles. The van der Waals surface area contributed by atoms with Crippen molar-refractivity contribution in [1.82, 2.24) is 4.90 Å². The second-order valence-corrected chi connectivity index (χ2v) is 7.90.